The standard InChI is InChI=1S/C24H33N3O3/c1-22(2,3)19-6-4-5-18(25-19)16-11-23(12-16)7-9-27(10-8-23)20(28)17-13-24(14-17)15-30-21(29)26-24/h4-6,16-17H,7-15H2,1-3H3,(H,26,29). The number of pyridine rings is 1. The second-order valence-corrected chi connectivity index (χ2v) is 11.2. The van der Waals surface area contributed by atoms with Crippen LogP contribution in [0.15, 0.2) is 18.2 Å². The molecule has 1 aromatic rings. The van der Waals surface area contributed by atoms with Crippen molar-refractivity contribution in [3.63, 3.8) is 0 Å². The van der Waals surface area contributed by atoms with Crippen molar-refractivity contribution < 1.29 is 14.3 Å². The number of hydrogen-bond donors (Lipinski definition) is 1. The third-order valence-corrected chi connectivity index (χ3v) is 7.92. The van der Waals surface area contributed by atoms with Crippen LogP contribution >= 0.6 is 0 Å². The second-order valence-electron chi connectivity index (χ2n) is 11.2. The highest BCUT2D eigenvalue weighted by atomic mass is 16.6. The zero-order valence-corrected chi connectivity index (χ0v) is 18.4. The minimum atomic E-state index is -0.345. The number of rotatable bonds is 2. The Morgan fingerprint density at radius 2 is 1.87 bits per heavy atom. The monoisotopic (exact) mass is 411 g/mol. The molecule has 2 aliphatic heterocycles. The zero-order valence-electron chi connectivity index (χ0n) is 18.4. The number of alkyl carbamates (subject to hydrolysis) is 1. The minimum absolute atomic E-state index is 0.0412. The summed E-state index contributed by atoms with van der Waals surface area (Å²) in [6.07, 6.45) is 5.70. The molecule has 0 radical (unpaired) electrons. The molecule has 1 aromatic heterocycles. The molecule has 2 spiro atoms. The highest BCUT2D eigenvalue weighted by molar-refractivity contribution is 5.81. The first-order valence-corrected chi connectivity index (χ1v) is 11.4. The van der Waals surface area contributed by atoms with Crippen LogP contribution < -0.4 is 5.32 Å². The van der Waals surface area contributed by atoms with Gasteiger partial charge in [-0.05, 0) is 56.1 Å². The smallest absolute Gasteiger partial charge is 0.407 e. The number of amides is 2. The van der Waals surface area contributed by atoms with Crippen molar-refractivity contribution in [2.24, 2.45) is 11.3 Å². The number of carbonyl (C=O) groups excluding carboxylic acids is 2. The summed E-state index contributed by atoms with van der Waals surface area (Å²) < 4.78 is 5.03. The summed E-state index contributed by atoms with van der Waals surface area (Å²) in [5.74, 6) is 0.874. The van der Waals surface area contributed by atoms with Crippen LogP contribution in [-0.4, -0.2) is 47.1 Å². The van der Waals surface area contributed by atoms with Crippen molar-refractivity contribution >= 4 is 12.0 Å². The summed E-state index contributed by atoms with van der Waals surface area (Å²) in [4.78, 5) is 31.2. The van der Waals surface area contributed by atoms with Gasteiger partial charge in [0.05, 0.1) is 5.54 Å². The lowest BCUT2D eigenvalue weighted by Gasteiger charge is -2.53. The lowest BCUT2D eigenvalue weighted by Crippen LogP contribution is -2.59. The molecule has 2 aliphatic carbocycles. The molecule has 4 fully saturated rings. The van der Waals surface area contributed by atoms with Gasteiger partial charge in [0.2, 0.25) is 5.91 Å². The van der Waals surface area contributed by atoms with Crippen LogP contribution in [0.2, 0.25) is 0 Å². The van der Waals surface area contributed by atoms with Gasteiger partial charge in [0, 0.05) is 41.7 Å². The SMILES string of the molecule is CC(C)(C)c1cccc(C2CC3(CCN(C(=O)C4CC5(COC(=O)N5)C4)CC3)C2)n1. The van der Waals surface area contributed by atoms with Crippen LogP contribution in [0.5, 0.6) is 0 Å². The van der Waals surface area contributed by atoms with E-state index in [2.05, 4.69) is 49.2 Å². The summed E-state index contributed by atoms with van der Waals surface area (Å²) >= 11 is 0. The van der Waals surface area contributed by atoms with Gasteiger partial charge in [-0.3, -0.25) is 9.78 Å². The highest BCUT2D eigenvalue weighted by Gasteiger charge is 2.54. The Morgan fingerprint density at radius 3 is 2.47 bits per heavy atom. The van der Waals surface area contributed by atoms with Gasteiger partial charge in [-0.1, -0.05) is 26.8 Å². The molecular formula is C24H33N3O3. The molecule has 6 heteroatoms. The number of likely N-dealkylation sites (tertiary alicyclic amines) is 1. The number of ether oxygens (including phenoxy) is 1. The maximum Gasteiger partial charge on any atom is 0.407 e. The number of aromatic nitrogens is 1. The molecule has 5 rings (SSSR count). The average Bonchev–Trinajstić information content (AvgIpc) is 3.06. The van der Waals surface area contributed by atoms with E-state index in [1.807, 2.05) is 0 Å². The van der Waals surface area contributed by atoms with E-state index in [-0.39, 0.29) is 28.9 Å². The van der Waals surface area contributed by atoms with Gasteiger partial charge in [0.25, 0.3) is 0 Å². The number of piperidine rings is 1. The number of nitrogens with zero attached hydrogens (tertiary/aromatic N) is 2. The number of cyclic esters (lactones) is 1. The quantitative estimate of drug-likeness (QED) is 0.804. The van der Waals surface area contributed by atoms with Crippen molar-refractivity contribution in [3.8, 4) is 0 Å². The van der Waals surface area contributed by atoms with E-state index in [4.69, 9.17) is 9.72 Å². The summed E-state index contributed by atoms with van der Waals surface area (Å²) in [5, 5.41) is 2.88. The molecule has 0 bridgehead atoms. The first-order chi connectivity index (χ1) is 14.2. The number of hydrogen-bond acceptors (Lipinski definition) is 4. The van der Waals surface area contributed by atoms with Crippen molar-refractivity contribution in [2.75, 3.05) is 19.7 Å². The second kappa shape index (κ2) is 6.69. The molecule has 2 saturated carbocycles. The van der Waals surface area contributed by atoms with E-state index >= 15 is 0 Å². The molecule has 30 heavy (non-hydrogen) atoms. The normalized spacial score (nSPS) is 27.4. The van der Waals surface area contributed by atoms with Crippen LogP contribution in [-0.2, 0) is 14.9 Å². The first-order valence-electron chi connectivity index (χ1n) is 11.4. The largest absolute Gasteiger partial charge is 0.447 e. The summed E-state index contributed by atoms with van der Waals surface area (Å²) in [5.41, 5.74) is 2.62. The van der Waals surface area contributed by atoms with Gasteiger partial charge >= 0.3 is 6.09 Å². The third kappa shape index (κ3) is 3.38. The van der Waals surface area contributed by atoms with Crippen molar-refractivity contribution in [1.82, 2.24) is 15.2 Å². The van der Waals surface area contributed by atoms with Gasteiger partial charge in [-0.25, -0.2) is 4.79 Å². The van der Waals surface area contributed by atoms with Crippen LogP contribution in [0.25, 0.3) is 0 Å². The molecule has 2 saturated heterocycles. The molecule has 162 valence electrons. The maximum atomic E-state index is 12.9. The van der Waals surface area contributed by atoms with Crippen molar-refractivity contribution in [3.05, 3.63) is 29.6 Å². The van der Waals surface area contributed by atoms with Gasteiger partial charge in [-0.2, -0.15) is 0 Å². The van der Waals surface area contributed by atoms with Gasteiger partial charge < -0.3 is 15.0 Å². The van der Waals surface area contributed by atoms with Gasteiger partial charge in [-0.15, -0.1) is 0 Å². The number of carbonyl (C=O) groups is 2. The Hall–Kier alpha value is -2.11. The lowest BCUT2D eigenvalue weighted by atomic mass is 9.56. The Kier molecular flexibility index (Phi) is 4.42. The molecular weight excluding hydrogens is 378 g/mol. The van der Waals surface area contributed by atoms with Crippen LogP contribution in [0.4, 0.5) is 4.79 Å². The lowest BCUT2D eigenvalue weighted by molar-refractivity contribution is -0.144. The predicted octanol–water partition coefficient (Wildman–Crippen LogP) is 3.75. The summed E-state index contributed by atoms with van der Waals surface area (Å²) in [6, 6.07) is 6.47. The van der Waals surface area contributed by atoms with Gasteiger partial charge in [0.15, 0.2) is 0 Å². The Balaban J connectivity index is 1.12. The molecule has 0 unspecified atom stereocenters. The molecule has 3 heterocycles. The van der Waals surface area contributed by atoms with E-state index in [0.29, 0.717) is 17.9 Å². The van der Waals surface area contributed by atoms with Crippen LogP contribution in [0, 0.1) is 11.3 Å². The predicted molar refractivity (Wildman–Crippen MR) is 113 cm³/mol. The number of nitrogens with one attached hydrogen (secondary N) is 1. The fourth-order valence-corrected chi connectivity index (χ4v) is 5.93. The first kappa shape index (κ1) is 19.8. The molecule has 6 nitrogen and oxygen atoms in total. The van der Waals surface area contributed by atoms with Crippen molar-refractivity contribution in [2.45, 2.75) is 76.2 Å². The van der Waals surface area contributed by atoms with Crippen molar-refractivity contribution in [1.29, 1.82) is 0 Å². The Morgan fingerprint density at radius 1 is 1.17 bits per heavy atom. The van der Waals surface area contributed by atoms with E-state index < -0.39 is 0 Å². The molecule has 0 atom stereocenters. The fourth-order valence-electron chi connectivity index (χ4n) is 5.93. The topological polar surface area (TPSA) is 71.5 Å². The molecule has 4 aliphatic rings. The molecule has 1 N–H and O–H groups in total. The maximum absolute atomic E-state index is 12.9. The highest BCUT2D eigenvalue weighted by Crippen LogP contribution is 2.56. The molecule has 0 aromatic carbocycles. The fraction of sp³-hybridized carbons (Fsp3) is 0.708. The van der Waals surface area contributed by atoms with E-state index in [1.54, 1.807) is 0 Å². The van der Waals surface area contributed by atoms with Crippen LogP contribution in [0.3, 0.4) is 0 Å². The Labute approximate surface area is 178 Å². The average molecular weight is 412 g/mol. The summed E-state index contributed by atoms with van der Waals surface area (Å²) in [7, 11) is 0. The van der Waals surface area contributed by atoms with E-state index in [0.717, 1.165) is 38.8 Å². The van der Waals surface area contributed by atoms with E-state index in [1.165, 1.54) is 24.2 Å². The molecule has 2 amide bonds. The van der Waals surface area contributed by atoms with Crippen LogP contribution in [0.1, 0.15) is 76.6 Å². The van der Waals surface area contributed by atoms with Gasteiger partial charge in [0.1, 0.15) is 6.61 Å². The minimum Gasteiger partial charge on any atom is -0.447 e. The van der Waals surface area contributed by atoms with E-state index in [9.17, 15) is 9.59 Å². The zero-order chi connectivity index (χ0) is 21.1. The Bertz CT molecular complexity index is 853. The summed E-state index contributed by atoms with van der Waals surface area (Å²) in [6.45, 7) is 8.79. The third-order valence-electron chi connectivity index (χ3n) is 7.92.